The van der Waals surface area contributed by atoms with E-state index >= 15 is 0 Å². The Balaban J connectivity index is 0. The van der Waals surface area contributed by atoms with Crippen LogP contribution in [0.5, 0.6) is 0 Å². The van der Waals surface area contributed by atoms with Crippen LogP contribution >= 0.6 is 0 Å². The Morgan fingerprint density at radius 2 is 1.14 bits per heavy atom. The van der Waals surface area contributed by atoms with Crippen LogP contribution in [0.4, 0.5) is 43.9 Å². The van der Waals surface area contributed by atoms with Crippen molar-refractivity contribution in [3.8, 4) is 0 Å². The summed E-state index contributed by atoms with van der Waals surface area (Å²) in [7, 11) is -6.84. The molecule has 2 unspecified atom stereocenters. The van der Waals surface area contributed by atoms with Crippen LogP contribution in [0.15, 0.2) is 0 Å². The number of hydrogen-bond acceptors (Lipinski definition) is 3. The van der Waals surface area contributed by atoms with Gasteiger partial charge in [0.25, 0.3) is 11.9 Å². The molecule has 0 spiro atoms. The smallest absolute Gasteiger partial charge is 0.746 e. The van der Waals surface area contributed by atoms with E-state index in [1.165, 1.54) is 0 Å². The van der Waals surface area contributed by atoms with E-state index in [1.54, 1.807) is 0 Å². The van der Waals surface area contributed by atoms with Crippen molar-refractivity contribution >= 4 is 10.1 Å². The summed E-state index contributed by atoms with van der Waals surface area (Å²) in [6.07, 6.45) is -10.0. The average molecular weight is 384 g/mol. The third-order valence-electron chi connectivity index (χ3n) is 1.94. The summed E-state index contributed by atoms with van der Waals surface area (Å²) >= 11 is 0. The molecule has 21 heavy (non-hydrogen) atoms. The zero-order chi connectivity index (χ0) is 16.7. The summed E-state index contributed by atoms with van der Waals surface area (Å²) < 4.78 is 153. The summed E-state index contributed by atoms with van der Waals surface area (Å²) in [5, 5.41) is 0. The van der Waals surface area contributed by atoms with Gasteiger partial charge in [0.15, 0.2) is 0 Å². The first-order chi connectivity index (χ1) is 8.51. The second-order valence-electron chi connectivity index (χ2n) is 3.37. The fraction of sp³-hybridized carbons (Fsp3) is 1.00. The van der Waals surface area contributed by atoms with Gasteiger partial charge in [-0.2, -0.15) is 26.3 Å². The average Bonchev–Trinajstić information content (AvgIpc) is 2.24. The van der Waals surface area contributed by atoms with Gasteiger partial charge >= 0.3 is 69.2 Å². The predicted molar refractivity (Wildman–Crippen MR) is 40.3 cm³/mol. The van der Waals surface area contributed by atoms with E-state index in [-0.39, 0.29) is 51.4 Å². The van der Waals surface area contributed by atoms with Crippen molar-refractivity contribution in [3.63, 3.8) is 0 Å². The molecule has 0 saturated carbocycles. The van der Waals surface area contributed by atoms with Crippen molar-refractivity contribution in [1.29, 1.82) is 0 Å². The van der Waals surface area contributed by atoms with Gasteiger partial charge in [0.05, 0.1) is 0 Å². The minimum Gasteiger partial charge on any atom is -0.746 e. The molecule has 3 nitrogen and oxygen atoms in total. The van der Waals surface area contributed by atoms with E-state index in [1.807, 2.05) is 0 Å². The number of alkyl halides is 10. The summed E-state index contributed by atoms with van der Waals surface area (Å²) in [6.45, 7) is 0. The standard InChI is InChI=1S/C6H4F10O3S.K/c7-1(2(8)9)4(11,12)6(15,16)5(13,14)3(10)20(17,18)19;/h1-3H,(H,17,18,19);/q;+1/p-1. The SMILES string of the molecule is O=S(=O)([O-])C(F)C(F)(F)C(F)(F)C(F)(F)C(F)C(F)F.[K+]. The first kappa shape index (κ1) is 24.1. The van der Waals surface area contributed by atoms with Crippen molar-refractivity contribution in [1.82, 2.24) is 0 Å². The van der Waals surface area contributed by atoms with Gasteiger partial charge in [-0.15, -0.1) is 0 Å². The quantitative estimate of drug-likeness (QED) is 0.347. The maximum atomic E-state index is 12.7. The maximum Gasteiger partial charge on any atom is 1.00 e. The molecule has 0 fully saturated rings. The Morgan fingerprint density at radius 3 is 1.38 bits per heavy atom. The molecule has 0 aromatic rings. The molecule has 122 valence electrons. The van der Waals surface area contributed by atoms with Gasteiger partial charge in [0, 0.05) is 0 Å². The van der Waals surface area contributed by atoms with Crippen LogP contribution in [0.2, 0.25) is 0 Å². The summed E-state index contributed by atoms with van der Waals surface area (Å²) in [5.74, 6) is -21.0. The fourth-order valence-electron chi connectivity index (χ4n) is 0.877. The molecule has 2 atom stereocenters. The Labute approximate surface area is 153 Å². The zero-order valence-electron chi connectivity index (χ0n) is 9.64. The van der Waals surface area contributed by atoms with Gasteiger partial charge in [-0.25, -0.2) is 26.0 Å². The van der Waals surface area contributed by atoms with Crippen molar-refractivity contribution in [2.24, 2.45) is 0 Å². The molecular weight excluding hydrogens is 381 g/mol. The molecule has 0 bridgehead atoms. The van der Waals surface area contributed by atoms with E-state index < -0.39 is 46.0 Å². The Morgan fingerprint density at radius 1 is 0.810 bits per heavy atom. The molecule has 0 aliphatic rings. The zero-order valence-corrected chi connectivity index (χ0v) is 13.6. The van der Waals surface area contributed by atoms with Crippen LogP contribution in [-0.2, 0) is 10.1 Å². The van der Waals surface area contributed by atoms with Crippen molar-refractivity contribution in [2.75, 3.05) is 0 Å². The number of hydrogen-bond donors (Lipinski definition) is 0. The third kappa shape index (κ3) is 4.44. The van der Waals surface area contributed by atoms with Gasteiger partial charge in [-0.3, -0.25) is 0 Å². The van der Waals surface area contributed by atoms with E-state index in [0.717, 1.165) is 0 Å². The van der Waals surface area contributed by atoms with Gasteiger partial charge < -0.3 is 4.55 Å². The van der Waals surface area contributed by atoms with Gasteiger partial charge in [0.1, 0.15) is 10.1 Å². The van der Waals surface area contributed by atoms with Crippen LogP contribution in [0.1, 0.15) is 0 Å². The van der Waals surface area contributed by atoms with E-state index in [2.05, 4.69) is 0 Å². The van der Waals surface area contributed by atoms with E-state index in [9.17, 15) is 56.9 Å². The minimum absolute atomic E-state index is 0. The largest absolute Gasteiger partial charge is 1.00 e. The number of halogens is 10. The summed E-state index contributed by atoms with van der Waals surface area (Å²) in [5.41, 5.74) is -5.39. The second kappa shape index (κ2) is 7.17. The Hall–Kier alpha value is 0.846. The summed E-state index contributed by atoms with van der Waals surface area (Å²) in [4.78, 5) is 0. The Bertz CT molecular complexity index is 452. The molecule has 0 N–H and O–H groups in total. The first-order valence-corrected chi connectivity index (χ1v) is 5.62. The Kier molecular flexibility index (Phi) is 8.23. The molecule has 0 aliphatic carbocycles. The molecule has 0 amide bonds. The molecular formula is C6H3F10KO3S. The molecule has 0 saturated heterocycles. The monoisotopic (exact) mass is 384 g/mol. The predicted octanol–water partition coefficient (Wildman–Crippen LogP) is -0.660. The van der Waals surface area contributed by atoms with Crippen LogP contribution in [0, 0.1) is 0 Å². The van der Waals surface area contributed by atoms with Crippen LogP contribution in [0.25, 0.3) is 0 Å². The molecule has 0 rings (SSSR count). The maximum absolute atomic E-state index is 12.7. The van der Waals surface area contributed by atoms with Crippen LogP contribution < -0.4 is 51.4 Å². The molecule has 0 heterocycles. The molecule has 15 heteroatoms. The normalized spacial score (nSPS) is 17.3. The molecule has 0 radical (unpaired) electrons. The van der Waals surface area contributed by atoms with Crippen molar-refractivity contribution in [3.05, 3.63) is 0 Å². The fourth-order valence-corrected chi connectivity index (χ4v) is 1.39. The minimum atomic E-state index is -7.20. The van der Waals surface area contributed by atoms with Crippen LogP contribution in [-0.4, -0.2) is 48.8 Å². The topological polar surface area (TPSA) is 57.2 Å². The van der Waals surface area contributed by atoms with E-state index in [4.69, 9.17) is 0 Å². The first-order valence-electron chi connectivity index (χ1n) is 4.15. The van der Waals surface area contributed by atoms with Crippen molar-refractivity contribution in [2.45, 2.75) is 35.9 Å². The molecule has 0 aromatic heterocycles. The summed E-state index contributed by atoms with van der Waals surface area (Å²) in [6, 6.07) is 0. The van der Waals surface area contributed by atoms with Crippen molar-refractivity contribution < 1.29 is 108 Å². The number of rotatable bonds is 6. The van der Waals surface area contributed by atoms with Gasteiger partial charge in [-0.1, -0.05) is 0 Å². The molecule has 0 aliphatic heterocycles. The second-order valence-corrected chi connectivity index (χ2v) is 4.76. The van der Waals surface area contributed by atoms with Gasteiger partial charge in [0.2, 0.25) is 6.17 Å². The van der Waals surface area contributed by atoms with E-state index in [0.29, 0.717) is 0 Å². The van der Waals surface area contributed by atoms with Gasteiger partial charge in [-0.05, 0) is 0 Å². The van der Waals surface area contributed by atoms with Crippen LogP contribution in [0.3, 0.4) is 0 Å². The molecule has 0 aromatic carbocycles. The third-order valence-corrected chi connectivity index (χ3v) is 2.75.